The molecule has 2 amide bonds. The van der Waals surface area contributed by atoms with Gasteiger partial charge in [0.05, 0.1) is 24.4 Å². The smallest absolute Gasteiger partial charge is 0.438 e. The van der Waals surface area contributed by atoms with Gasteiger partial charge in [-0.2, -0.15) is 5.06 Å². The SMILES string of the molecule is COc1ccc(Cl)c(OC(=O)NCCOC(=O)N(O)c2cccc(C)c2)c1. The number of ether oxygens (including phenoxy) is 3. The summed E-state index contributed by atoms with van der Waals surface area (Å²) in [7, 11) is 1.47. The van der Waals surface area contributed by atoms with Crippen LogP contribution >= 0.6 is 11.6 Å². The van der Waals surface area contributed by atoms with Crippen molar-refractivity contribution in [2.45, 2.75) is 6.92 Å². The van der Waals surface area contributed by atoms with Crippen molar-refractivity contribution in [2.24, 2.45) is 0 Å². The molecule has 0 aliphatic rings. The maximum atomic E-state index is 11.8. The van der Waals surface area contributed by atoms with Crippen molar-refractivity contribution in [1.29, 1.82) is 0 Å². The highest BCUT2D eigenvalue weighted by Gasteiger charge is 2.15. The number of methoxy groups -OCH3 is 1. The Bertz CT molecular complexity index is 814. The number of nitrogens with zero attached hydrogens (tertiary/aromatic N) is 1. The minimum Gasteiger partial charge on any atom is -0.497 e. The fraction of sp³-hybridized carbons (Fsp3) is 0.222. The third kappa shape index (κ3) is 6.05. The number of nitrogens with one attached hydrogen (secondary N) is 1. The summed E-state index contributed by atoms with van der Waals surface area (Å²) in [6.45, 7) is 1.64. The lowest BCUT2D eigenvalue weighted by Crippen LogP contribution is -2.33. The quantitative estimate of drug-likeness (QED) is 0.439. The van der Waals surface area contributed by atoms with E-state index in [1.54, 1.807) is 24.3 Å². The van der Waals surface area contributed by atoms with E-state index in [4.69, 9.17) is 25.8 Å². The number of amides is 2. The highest BCUT2D eigenvalue weighted by molar-refractivity contribution is 6.32. The standard InChI is InChI=1S/C18H19ClN2O6/c1-12-4-3-5-13(10-12)21(24)18(23)26-9-8-20-17(22)27-16-11-14(25-2)6-7-15(16)19/h3-7,10-11,24H,8-9H2,1-2H3,(H,20,22). The van der Waals surface area contributed by atoms with E-state index in [0.29, 0.717) is 10.8 Å². The first-order valence-corrected chi connectivity index (χ1v) is 8.30. The summed E-state index contributed by atoms with van der Waals surface area (Å²) >= 11 is 5.94. The maximum absolute atomic E-state index is 11.8. The average molecular weight is 395 g/mol. The summed E-state index contributed by atoms with van der Waals surface area (Å²) in [5.41, 5.74) is 1.15. The number of hydroxylamine groups is 1. The second-order valence-corrected chi connectivity index (χ2v) is 5.79. The van der Waals surface area contributed by atoms with Crippen molar-refractivity contribution < 1.29 is 29.0 Å². The molecule has 2 aromatic rings. The molecule has 0 radical (unpaired) electrons. The van der Waals surface area contributed by atoms with Crippen LogP contribution < -0.4 is 19.9 Å². The molecule has 0 saturated carbocycles. The van der Waals surface area contributed by atoms with Crippen LogP contribution in [0.2, 0.25) is 5.02 Å². The first kappa shape index (κ1) is 20.3. The van der Waals surface area contributed by atoms with Gasteiger partial charge in [-0.1, -0.05) is 23.7 Å². The molecule has 0 spiro atoms. The van der Waals surface area contributed by atoms with Gasteiger partial charge < -0.3 is 19.5 Å². The number of hydrogen-bond acceptors (Lipinski definition) is 6. The Labute approximate surface area is 161 Å². The minimum atomic E-state index is -0.966. The van der Waals surface area contributed by atoms with Crippen LogP contribution in [0.5, 0.6) is 11.5 Å². The zero-order valence-electron chi connectivity index (χ0n) is 14.8. The number of benzene rings is 2. The van der Waals surface area contributed by atoms with Gasteiger partial charge in [0.1, 0.15) is 12.4 Å². The van der Waals surface area contributed by atoms with Crippen LogP contribution in [-0.4, -0.2) is 37.7 Å². The predicted molar refractivity (Wildman–Crippen MR) is 98.8 cm³/mol. The summed E-state index contributed by atoms with van der Waals surface area (Å²) < 4.78 is 15.0. The lowest BCUT2D eigenvalue weighted by molar-refractivity contribution is 0.120. The van der Waals surface area contributed by atoms with Crippen LogP contribution in [-0.2, 0) is 4.74 Å². The van der Waals surface area contributed by atoms with E-state index < -0.39 is 12.2 Å². The van der Waals surface area contributed by atoms with Crippen molar-refractivity contribution in [3.05, 3.63) is 53.1 Å². The molecule has 9 heteroatoms. The highest BCUT2D eigenvalue weighted by atomic mass is 35.5. The Morgan fingerprint density at radius 2 is 2.00 bits per heavy atom. The monoisotopic (exact) mass is 394 g/mol. The molecule has 2 aromatic carbocycles. The van der Waals surface area contributed by atoms with E-state index in [9.17, 15) is 14.8 Å². The number of rotatable bonds is 6. The second kappa shape index (κ2) is 9.65. The third-order valence-electron chi connectivity index (χ3n) is 3.36. The molecule has 0 saturated heterocycles. The zero-order chi connectivity index (χ0) is 19.8. The molecule has 0 heterocycles. The fourth-order valence-corrected chi connectivity index (χ4v) is 2.20. The van der Waals surface area contributed by atoms with Gasteiger partial charge in [0, 0.05) is 6.07 Å². The number of halogens is 1. The summed E-state index contributed by atoms with van der Waals surface area (Å²) in [6, 6.07) is 11.3. The van der Waals surface area contributed by atoms with Crippen molar-refractivity contribution in [3.63, 3.8) is 0 Å². The molecule has 2 rings (SSSR count). The number of carbonyl (C=O) groups excluding carboxylic acids is 2. The van der Waals surface area contributed by atoms with E-state index in [1.165, 1.54) is 19.2 Å². The molecule has 27 heavy (non-hydrogen) atoms. The van der Waals surface area contributed by atoms with E-state index >= 15 is 0 Å². The Kier molecular flexibility index (Phi) is 7.27. The molecule has 0 aromatic heterocycles. The average Bonchev–Trinajstić information content (AvgIpc) is 2.66. The molecule has 0 aliphatic heterocycles. The topological polar surface area (TPSA) is 97.3 Å². The van der Waals surface area contributed by atoms with Gasteiger partial charge in [-0.25, -0.2) is 9.59 Å². The molecule has 8 nitrogen and oxygen atoms in total. The van der Waals surface area contributed by atoms with Crippen LogP contribution in [0.4, 0.5) is 15.3 Å². The van der Waals surface area contributed by atoms with Crippen molar-refractivity contribution in [1.82, 2.24) is 5.32 Å². The van der Waals surface area contributed by atoms with Crippen molar-refractivity contribution in [3.8, 4) is 11.5 Å². The molecule has 0 unspecified atom stereocenters. The van der Waals surface area contributed by atoms with E-state index in [-0.39, 0.29) is 29.6 Å². The second-order valence-electron chi connectivity index (χ2n) is 5.38. The van der Waals surface area contributed by atoms with Gasteiger partial charge in [0.15, 0.2) is 5.75 Å². The Balaban J connectivity index is 1.76. The summed E-state index contributed by atoms with van der Waals surface area (Å²) in [5, 5.41) is 12.9. The molecular formula is C18H19ClN2O6. The van der Waals surface area contributed by atoms with Crippen LogP contribution in [0.15, 0.2) is 42.5 Å². The molecule has 144 valence electrons. The summed E-state index contributed by atoms with van der Waals surface area (Å²) in [6.07, 6.45) is -1.74. The summed E-state index contributed by atoms with van der Waals surface area (Å²) in [5.74, 6) is 0.613. The van der Waals surface area contributed by atoms with Crippen LogP contribution in [0.1, 0.15) is 5.56 Å². The van der Waals surface area contributed by atoms with E-state index in [0.717, 1.165) is 5.56 Å². The molecule has 2 N–H and O–H groups in total. The highest BCUT2D eigenvalue weighted by Crippen LogP contribution is 2.28. The van der Waals surface area contributed by atoms with Crippen LogP contribution in [0.3, 0.4) is 0 Å². The number of carbonyl (C=O) groups is 2. The lowest BCUT2D eigenvalue weighted by Gasteiger charge is -2.15. The number of anilines is 1. The number of aryl methyl sites for hydroxylation is 1. The Hall–Kier alpha value is -2.97. The minimum absolute atomic E-state index is 0.0200. The normalized spacial score (nSPS) is 10.1. The van der Waals surface area contributed by atoms with Gasteiger partial charge >= 0.3 is 12.2 Å². The Morgan fingerprint density at radius 3 is 2.70 bits per heavy atom. The van der Waals surface area contributed by atoms with Crippen LogP contribution in [0, 0.1) is 6.92 Å². The molecule has 0 aliphatic carbocycles. The lowest BCUT2D eigenvalue weighted by atomic mass is 10.2. The largest absolute Gasteiger partial charge is 0.497 e. The van der Waals surface area contributed by atoms with Gasteiger partial charge in [-0.3, -0.25) is 5.21 Å². The van der Waals surface area contributed by atoms with Gasteiger partial charge in [0.2, 0.25) is 0 Å². The third-order valence-corrected chi connectivity index (χ3v) is 3.67. The zero-order valence-corrected chi connectivity index (χ0v) is 15.5. The number of hydrogen-bond donors (Lipinski definition) is 2. The summed E-state index contributed by atoms with van der Waals surface area (Å²) in [4.78, 5) is 23.6. The van der Waals surface area contributed by atoms with Crippen molar-refractivity contribution in [2.75, 3.05) is 25.3 Å². The maximum Gasteiger partial charge on any atom is 0.438 e. The van der Waals surface area contributed by atoms with Crippen LogP contribution in [0.25, 0.3) is 0 Å². The molecular weight excluding hydrogens is 376 g/mol. The first-order valence-electron chi connectivity index (χ1n) is 7.92. The van der Waals surface area contributed by atoms with E-state index in [2.05, 4.69) is 5.32 Å². The molecule has 0 atom stereocenters. The Morgan fingerprint density at radius 1 is 1.22 bits per heavy atom. The first-order chi connectivity index (χ1) is 12.9. The van der Waals surface area contributed by atoms with Crippen molar-refractivity contribution >= 4 is 29.5 Å². The molecule has 0 bridgehead atoms. The molecule has 0 fully saturated rings. The van der Waals surface area contributed by atoms with E-state index in [1.807, 2.05) is 13.0 Å². The van der Waals surface area contributed by atoms with Gasteiger partial charge in [-0.05, 0) is 36.8 Å². The fourth-order valence-electron chi connectivity index (χ4n) is 2.04. The predicted octanol–water partition coefficient (Wildman–Crippen LogP) is 3.78. The van der Waals surface area contributed by atoms with Gasteiger partial charge in [0.25, 0.3) is 0 Å². The van der Waals surface area contributed by atoms with Gasteiger partial charge in [-0.15, -0.1) is 0 Å².